The lowest BCUT2D eigenvalue weighted by Gasteiger charge is -2.10. The van der Waals surface area contributed by atoms with Crippen molar-refractivity contribution in [3.8, 4) is 5.69 Å². The number of rotatable bonds is 4. The zero-order valence-electron chi connectivity index (χ0n) is 13.3. The van der Waals surface area contributed by atoms with Crippen LogP contribution in [0.1, 0.15) is 20.7 Å². The fraction of sp³-hybridized carbons (Fsp3) is 0.0625. The van der Waals surface area contributed by atoms with Crippen molar-refractivity contribution in [2.45, 2.75) is 0 Å². The van der Waals surface area contributed by atoms with Crippen LogP contribution in [0.2, 0.25) is 0 Å². The molecule has 10 heteroatoms. The minimum atomic E-state index is -1.09. The predicted octanol–water partition coefficient (Wildman–Crippen LogP) is 1.98. The van der Waals surface area contributed by atoms with Crippen LogP contribution < -0.4 is 5.32 Å². The van der Waals surface area contributed by atoms with E-state index in [1.165, 1.54) is 23.1 Å². The quantitative estimate of drug-likeness (QED) is 0.715. The minimum absolute atomic E-state index is 0.182. The van der Waals surface area contributed by atoms with Crippen LogP contribution in [-0.4, -0.2) is 39.2 Å². The van der Waals surface area contributed by atoms with E-state index >= 15 is 0 Å². The van der Waals surface area contributed by atoms with Gasteiger partial charge in [0, 0.05) is 11.6 Å². The van der Waals surface area contributed by atoms with E-state index in [2.05, 4.69) is 25.6 Å². The molecule has 0 unspecified atom stereocenters. The number of nitrogens with one attached hydrogen (secondary N) is 1. The molecule has 0 radical (unpaired) electrons. The molecule has 2 aromatic carbocycles. The fourth-order valence-electron chi connectivity index (χ4n) is 2.17. The van der Waals surface area contributed by atoms with E-state index in [0.717, 1.165) is 13.2 Å². The van der Waals surface area contributed by atoms with Crippen LogP contribution in [0.25, 0.3) is 5.69 Å². The molecule has 1 heterocycles. The van der Waals surface area contributed by atoms with Gasteiger partial charge in [0.05, 0.1) is 24.0 Å². The summed E-state index contributed by atoms with van der Waals surface area (Å²) in [5.74, 6) is -3.77. The van der Waals surface area contributed by atoms with Gasteiger partial charge < -0.3 is 10.1 Å². The number of esters is 1. The summed E-state index contributed by atoms with van der Waals surface area (Å²) in [4.78, 5) is 23.9. The van der Waals surface area contributed by atoms with Gasteiger partial charge >= 0.3 is 5.97 Å². The molecule has 3 rings (SSSR count). The third-order valence-electron chi connectivity index (χ3n) is 3.43. The maximum Gasteiger partial charge on any atom is 0.340 e. The molecule has 8 nitrogen and oxygen atoms in total. The Hall–Kier alpha value is -3.69. The van der Waals surface area contributed by atoms with E-state index in [9.17, 15) is 18.4 Å². The zero-order valence-corrected chi connectivity index (χ0v) is 13.3. The van der Waals surface area contributed by atoms with E-state index < -0.39 is 29.1 Å². The lowest BCUT2D eigenvalue weighted by molar-refractivity contribution is 0.0595. The number of tetrazole rings is 1. The van der Waals surface area contributed by atoms with Crippen molar-refractivity contribution in [2.24, 2.45) is 0 Å². The van der Waals surface area contributed by atoms with Crippen molar-refractivity contribution in [2.75, 3.05) is 12.4 Å². The van der Waals surface area contributed by atoms with E-state index in [1.54, 1.807) is 12.1 Å². The number of carbonyl (C=O) groups excluding carboxylic acids is 2. The van der Waals surface area contributed by atoms with Gasteiger partial charge in [0.25, 0.3) is 5.91 Å². The van der Waals surface area contributed by atoms with Crippen molar-refractivity contribution in [3.05, 3.63) is 65.5 Å². The number of carbonyl (C=O) groups is 2. The van der Waals surface area contributed by atoms with E-state index in [-0.39, 0.29) is 11.3 Å². The SMILES string of the molecule is COC(=O)c1cc(NC(=O)c2cccc(-n3cnnn3)c2)c(F)cc1F. The van der Waals surface area contributed by atoms with Crippen molar-refractivity contribution in [1.82, 2.24) is 20.2 Å². The average molecular weight is 359 g/mol. The first-order valence-corrected chi connectivity index (χ1v) is 7.21. The van der Waals surface area contributed by atoms with Crippen LogP contribution in [0.3, 0.4) is 0 Å². The van der Waals surface area contributed by atoms with Crippen molar-refractivity contribution in [3.63, 3.8) is 0 Å². The molecule has 26 heavy (non-hydrogen) atoms. The smallest absolute Gasteiger partial charge is 0.340 e. The summed E-state index contributed by atoms with van der Waals surface area (Å²) in [6.07, 6.45) is 1.35. The molecular formula is C16H11F2N5O3. The number of amides is 1. The number of aromatic nitrogens is 4. The molecule has 1 aromatic heterocycles. The van der Waals surface area contributed by atoms with Gasteiger partial charge in [0.2, 0.25) is 0 Å². The average Bonchev–Trinajstić information content (AvgIpc) is 3.18. The molecule has 0 aliphatic heterocycles. The molecule has 0 aliphatic carbocycles. The lowest BCUT2D eigenvalue weighted by Crippen LogP contribution is -2.15. The molecular weight excluding hydrogens is 348 g/mol. The molecule has 0 bridgehead atoms. The second-order valence-electron chi connectivity index (χ2n) is 5.06. The zero-order chi connectivity index (χ0) is 18.7. The number of methoxy groups -OCH3 is 1. The lowest BCUT2D eigenvalue weighted by atomic mass is 10.1. The first-order chi connectivity index (χ1) is 12.5. The maximum atomic E-state index is 13.9. The van der Waals surface area contributed by atoms with Gasteiger partial charge in [0.1, 0.15) is 18.0 Å². The first kappa shape index (κ1) is 17.1. The molecule has 0 saturated carbocycles. The van der Waals surface area contributed by atoms with Gasteiger partial charge in [0.15, 0.2) is 0 Å². The van der Waals surface area contributed by atoms with Crippen LogP contribution in [-0.2, 0) is 4.74 Å². The summed E-state index contributed by atoms with van der Waals surface area (Å²) < 4.78 is 33.4. The Kier molecular flexibility index (Phi) is 4.65. The number of hydrogen-bond donors (Lipinski definition) is 1. The van der Waals surface area contributed by atoms with Crippen molar-refractivity contribution >= 4 is 17.6 Å². The number of nitrogens with zero attached hydrogens (tertiary/aromatic N) is 4. The van der Waals surface area contributed by atoms with Gasteiger partial charge in [-0.1, -0.05) is 6.07 Å². The Morgan fingerprint density at radius 2 is 1.96 bits per heavy atom. The molecule has 0 atom stereocenters. The van der Waals surface area contributed by atoms with E-state index in [1.807, 2.05) is 0 Å². The third-order valence-corrected chi connectivity index (χ3v) is 3.43. The first-order valence-electron chi connectivity index (χ1n) is 7.21. The van der Waals surface area contributed by atoms with Gasteiger partial charge in [-0.25, -0.2) is 18.3 Å². The minimum Gasteiger partial charge on any atom is -0.465 e. The topological polar surface area (TPSA) is 99.0 Å². The Balaban J connectivity index is 1.89. The van der Waals surface area contributed by atoms with Gasteiger partial charge in [-0.15, -0.1) is 5.10 Å². The van der Waals surface area contributed by atoms with Crippen LogP contribution in [0.5, 0.6) is 0 Å². The Morgan fingerprint density at radius 3 is 2.65 bits per heavy atom. The number of anilines is 1. The highest BCUT2D eigenvalue weighted by molar-refractivity contribution is 6.05. The molecule has 0 fully saturated rings. The third kappa shape index (κ3) is 3.38. The van der Waals surface area contributed by atoms with Gasteiger partial charge in [-0.2, -0.15) is 0 Å². The Labute approximate surface area is 145 Å². The highest BCUT2D eigenvalue weighted by atomic mass is 19.1. The second-order valence-corrected chi connectivity index (χ2v) is 5.06. The standard InChI is InChI=1S/C16H11F2N5O3/c1-26-16(25)11-6-14(13(18)7-12(11)17)20-15(24)9-3-2-4-10(5-9)23-8-19-21-22-23/h2-8H,1H3,(H,20,24). The summed E-state index contributed by atoms with van der Waals surface area (Å²) in [5, 5.41) is 13.0. The van der Waals surface area contributed by atoms with E-state index in [4.69, 9.17) is 0 Å². The second kappa shape index (κ2) is 7.05. The monoisotopic (exact) mass is 359 g/mol. The Bertz CT molecular complexity index is 976. The molecule has 132 valence electrons. The maximum absolute atomic E-state index is 13.9. The fourth-order valence-corrected chi connectivity index (χ4v) is 2.17. The van der Waals surface area contributed by atoms with Crippen LogP contribution in [0.15, 0.2) is 42.7 Å². The van der Waals surface area contributed by atoms with Crippen LogP contribution in [0.4, 0.5) is 14.5 Å². The van der Waals surface area contributed by atoms with Crippen LogP contribution >= 0.6 is 0 Å². The van der Waals surface area contributed by atoms with Crippen LogP contribution in [0, 0.1) is 11.6 Å². The predicted molar refractivity (Wildman–Crippen MR) is 84.8 cm³/mol. The molecule has 0 spiro atoms. The highest BCUT2D eigenvalue weighted by Crippen LogP contribution is 2.21. The molecule has 0 aliphatic rings. The highest BCUT2D eigenvalue weighted by Gasteiger charge is 2.18. The summed E-state index contributed by atoms with van der Waals surface area (Å²) in [6.45, 7) is 0. The summed E-state index contributed by atoms with van der Waals surface area (Å²) >= 11 is 0. The number of ether oxygens (including phenoxy) is 1. The summed E-state index contributed by atoms with van der Waals surface area (Å²) in [7, 11) is 1.06. The number of halogens is 2. The molecule has 1 N–H and O–H groups in total. The van der Waals surface area contributed by atoms with Gasteiger partial charge in [-0.05, 0) is 34.7 Å². The number of hydrogen-bond acceptors (Lipinski definition) is 6. The molecule has 0 saturated heterocycles. The van der Waals surface area contributed by atoms with Gasteiger partial charge in [-0.3, -0.25) is 4.79 Å². The largest absolute Gasteiger partial charge is 0.465 e. The summed E-state index contributed by atoms with van der Waals surface area (Å²) in [5.41, 5.74) is -0.157. The Morgan fingerprint density at radius 1 is 1.15 bits per heavy atom. The normalized spacial score (nSPS) is 10.4. The molecule has 3 aromatic rings. The van der Waals surface area contributed by atoms with Crippen molar-refractivity contribution < 1.29 is 23.1 Å². The van der Waals surface area contributed by atoms with Crippen molar-refractivity contribution in [1.29, 1.82) is 0 Å². The van der Waals surface area contributed by atoms with E-state index in [0.29, 0.717) is 11.8 Å². The summed E-state index contributed by atoms with van der Waals surface area (Å²) in [6, 6.07) is 7.60. The number of benzene rings is 2. The molecule has 1 amide bonds.